The van der Waals surface area contributed by atoms with Gasteiger partial charge in [0.2, 0.25) is 11.8 Å². The molecule has 0 aliphatic heterocycles. The van der Waals surface area contributed by atoms with Crippen LogP contribution in [-0.4, -0.2) is 23.2 Å². The second kappa shape index (κ2) is 18.5. The summed E-state index contributed by atoms with van der Waals surface area (Å²) in [5.74, 6) is 4.75. The van der Waals surface area contributed by atoms with Gasteiger partial charge in [-0.3, -0.25) is 0 Å². The van der Waals surface area contributed by atoms with Gasteiger partial charge in [-0.15, -0.1) is 0 Å². The quantitative estimate of drug-likeness (QED) is 0.0887. The number of rotatable bonds is 17. The van der Waals surface area contributed by atoms with E-state index >= 15 is 0 Å². The van der Waals surface area contributed by atoms with Crippen LogP contribution in [0.2, 0.25) is 0 Å². The lowest BCUT2D eigenvalue weighted by atomic mass is 9.83. The molecule has 54 heavy (non-hydrogen) atoms. The topological polar surface area (TPSA) is 70.5 Å². The van der Waals surface area contributed by atoms with Crippen molar-refractivity contribution in [2.75, 3.05) is 13.2 Å². The van der Waals surface area contributed by atoms with Crippen LogP contribution >= 0.6 is 0 Å². The highest BCUT2D eigenvalue weighted by atomic mass is 16.5. The van der Waals surface area contributed by atoms with Crippen LogP contribution in [0.4, 0.5) is 0 Å². The van der Waals surface area contributed by atoms with Crippen molar-refractivity contribution in [1.82, 2.24) is 9.97 Å². The van der Waals surface area contributed by atoms with Crippen LogP contribution in [0, 0.1) is 5.92 Å². The summed E-state index contributed by atoms with van der Waals surface area (Å²) in [5.41, 5.74) is 9.14. The molecule has 2 aliphatic rings. The monoisotopic (exact) mass is 730 g/mol. The Labute approximate surface area is 323 Å². The van der Waals surface area contributed by atoms with Gasteiger partial charge in [-0.1, -0.05) is 98.0 Å². The molecule has 2 heterocycles. The average molecular weight is 731 g/mol. The third-order valence-corrected chi connectivity index (χ3v) is 12.0. The molecule has 0 radical (unpaired) electrons. The molecular formula is C48H62N2O4. The summed E-state index contributed by atoms with van der Waals surface area (Å²) in [6.45, 7) is 10.4. The fraction of sp³-hybridized carbons (Fsp3) is 0.542. The van der Waals surface area contributed by atoms with Crippen molar-refractivity contribution in [3.63, 3.8) is 0 Å². The highest BCUT2D eigenvalue weighted by molar-refractivity contribution is 5.81. The summed E-state index contributed by atoms with van der Waals surface area (Å²) in [6.07, 6.45) is 22.9. The van der Waals surface area contributed by atoms with E-state index < -0.39 is 0 Å². The van der Waals surface area contributed by atoms with Crippen LogP contribution in [0.3, 0.4) is 0 Å². The van der Waals surface area contributed by atoms with Gasteiger partial charge in [-0.05, 0) is 116 Å². The summed E-state index contributed by atoms with van der Waals surface area (Å²) in [6, 6.07) is 16.9. The first-order chi connectivity index (χ1) is 26.6. The lowest BCUT2D eigenvalue weighted by Crippen LogP contribution is -2.13. The molecule has 2 fully saturated rings. The Hall–Kier alpha value is -4.06. The van der Waals surface area contributed by atoms with E-state index in [1.807, 2.05) is 0 Å². The van der Waals surface area contributed by atoms with E-state index in [0.29, 0.717) is 36.1 Å². The summed E-state index contributed by atoms with van der Waals surface area (Å²) < 4.78 is 26.1. The molecule has 1 unspecified atom stereocenters. The number of nitrogens with zero attached hydrogens (tertiary/aromatic N) is 2. The first-order valence-electron chi connectivity index (χ1n) is 21.5. The standard InChI is InChI=1S/C48H62N2O4/c1-5-9-18-33(8-4)31-51-43-29-45-41(27-39(43)35-19-12-10-13-20-35)49-47(53-45)37-23-25-38(26-24-37)48-50-42-28-40(36-21-14-11-15-22-36)44(30-46(42)54-48)52-32-34(16-6-2)17-7-3/h16,23-30,33,35-36H,5-15,17-22,31-32H2,1-4H3/b34-16-. The highest BCUT2D eigenvalue weighted by Gasteiger charge is 2.24. The number of allylic oxidation sites excluding steroid dienone is 1. The van der Waals surface area contributed by atoms with Crippen molar-refractivity contribution >= 4 is 22.2 Å². The molecule has 2 aliphatic carbocycles. The Morgan fingerprint density at radius 1 is 0.704 bits per heavy atom. The molecule has 3 aromatic carbocycles. The van der Waals surface area contributed by atoms with Gasteiger partial charge in [-0.2, -0.15) is 0 Å². The van der Waals surface area contributed by atoms with E-state index in [1.165, 1.54) is 100 Å². The Morgan fingerprint density at radius 2 is 1.24 bits per heavy atom. The molecule has 0 amide bonds. The van der Waals surface area contributed by atoms with Gasteiger partial charge in [0, 0.05) is 23.3 Å². The van der Waals surface area contributed by atoms with Crippen molar-refractivity contribution in [1.29, 1.82) is 0 Å². The average Bonchev–Trinajstić information content (AvgIpc) is 3.84. The maximum absolute atomic E-state index is 6.63. The van der Waals surface area contributed by atoms with E-state index in [0.717, 1.165) is 77.1 Å². The van der Waals surface area contributed by atoms with Gasteiger partial charge >= 0.3 is 0 Å². The molecule has 6 nitrogen and oxygen atoms in total. The van der Waals surface area contributed by atoms with Crippen LogP contribution in [0.15, 0.2) is 69.0 Å². The predicted molar refractivity (Wildman–Crippen MR) is 222 cm³/mol. The van der Waals surface area contributed by atoms with Gasteiger partial charge in [-0.25, -0.2) is 9.97 Å². The molecule has 288 valence electrons. The summed E-state index contributed by atoms with van der Waals surface area (Å²) in [5, 5.41) is 0. The second-order valence-corrected chi connectivity index (χ2v) is 16.0. The summed E-state index contributed by atoms with van der Waals surface area (Å²) in [7, 11) is 0. The van der Waals surface area contributed by atoms with Crippen LogP contribution in [-0.2, 0) is 0 Å². The maximum atomic E-state index is 6.63. The fourth-order valence-corrected chi connectivity index (χ4v) is 8.78. The number of hydrogen-bond donors (Lipinski definition) is 0. The maximum Gasteiger partial charge on any atom is 0.227 e. The number of fused-ring (bicyclic) bond motifs is 2. The molecule has 0 saturated heterocycles. The van der Waals surface area contributed by atoms with E-state index in [2.05, 4.69) is 82.3 Å². The van der Waals surface area contributed by atoms with Gasteiger partial charge < -0.3 is 18.3 Å². The van der Waals surface area contributed by atoms with E-state index in [1.54, 1.807) is 0 Å². The molecule has 6 heteroatoms. The SMILES string of the molecule is CC/C=C(/CCC)COc1cc2oc(-c3ccc(-c4nc5cc(C6CCCCC6)c(OCC(CC)CCCC)cc5o4)cc3)nc2cc1C1CCCCC1. The predicted octanol–water partition coefficient (Wildman–Crippen LogP) is 14.5. The van der Waals surface area contributed by atoms with Gasteiger partial charge in [0.05, 0.1) is 6.61 Å². The van der Waals surface area contributed by atoms with Crippen molar-refractivity contribution in [2.24, 2.45) is 5.92 Å². The number of aromatic nitrogens is 2. The van der Waals surface area contributed by atoms with Crippen molar-refractivity contribution in [2.45, 2.75) is 149 Å². The minimum absolute atomic E-state index is 0.499. The normalized spacial score (nSPS) is 16.7. The van der Waals surface area contributed by atoms with Crippen LogP contribution in [0.25, 0.3) is 45.1 Å². The molecule has 0 spiro atoms. The lowest BCUT2D eigenvalue weighted by molar-refractivity contribution is 0.229. The molecule has 0 bridgehead atoms. The van der Waals surface area contributed by atoms with Crippen molar-refractivity contribution in [3.05, 3.63) is 71.3 Å². The van der Waals surface area contributed by atoms with E-state index in [4.69, 9.17) is 28.3 Å². The van der Waals surface area contributed by atoms with Crippen LogP contribution < -0.4 is 9.47 Å². The number of hydrogen-bond acceptors (Lipinski definition) is 6. The fourth-order valence-electron chi connectivity index (χ4n) is 8.78. The molecule has 1 atom stereocenters. The number of unbranched alkanes of at least 4 members (excludes halogenated alkanes) is 1. The molecule has 0 N–H and O–H groups in total. The van der Waals surface area contributed by atoms with Crippen LogP contribution in [0.1, 0.15) is 160 Å². The Kier molecular flexibility index (Phi) is 13.1. The Morgan fingerprint density at radius 3 is 1.72 bits per heavy atom. The summed E-state index contributed by atoms with van der Waals surface area (Å²) in [4.78, 5) is 10.0. The molecule has 5 aromatic rings. The Balaban J connectivity index is 1.14. The molecule has 7 rings (SSSR count). The number of ether oxygens (including phenoxy) is 2. The lowest BCUT2D eigenvalue weighted by Gasteiger charge is -2.25. The van der Waals surface area contributed by atoms with E-state index in [9.17, 15) is 0 Å². The zero-order valence-corrected chi connectivity index (χ0v) is 33.4. The van der Waals surface area contributed by atoms with Crippen molar-refractivity contribution < 1.29 is 18.3 Å². The first-order valence-corrected chi connectivity index (χ1v) is 21.5. The molecular weight excluding hydrogens is 669 g/mol. The first kappa shape index (κ1) is 38.2. The molecule has 2 saturated carbocycles. The summed E-state index contributed by atoms with van der Waals surface area (Å²) >= 11 is 0. The van der Waals surface area contributed by atoms with Gasteiger partial charge in [0.1, 0.15) is 29.1 Å². The third kappa shape index (κ3) is 9.07. The third-order valence-electron chi connectivity index (χ3n) is 12.0. The minimum atomic E-state index is 0.499. The van der Waals surface area contributed by atoms with E-state index in [-0.39, 0.29) is 0 Å². The highest BCUT2D eigenvalue weighted by Crippen LogP contribution is 2.42. The molecule has 2 aromatic heterocycles. The smallest absolute Gasteiger partial charge is 0.227 e. The largest absolute Gasteiger partial charge is 0.493 e. The van der Waals surface area contributed by atoms with Crippen LogP contribution in [0.5, 0.6) is 11.5 Å². The van der Waals surface area contributed by atoms with Crippen molar-refractivity contribution in [3.8, 4) is 34.4 Å². The van der Waals surface area contributed by atoms with Gasteiger partial charge in [0.25, 0.3) is 0 Å². The van der Waals surface area contributed by atoms with Gasteiger partial charge in [0.15, 0.2) is 11.2 Å². The Bertz CT molecular complexity index is 1970. The second-order valence-electron chi connectivity index (χ2n) is 16.0. The zero-order chi connectivity index (χ0) is 37.3. The zero-order valence-electron chi connectivity index (χ0n) is 33.4. The minimum Gasteiger partial charge on any atom is -0.493 e. The number of benzene rings is 3. The number of oxazole rings is 2.